The zero-order valence-electron chi connectivity index (χ0n) is 12.4. The van der Waals surface area contributed by atoms with Crippen LogP contribution in [0.15, 0.2) is 0 Å². The molecule has 0 spiro atoms. The maximum atomic E-state index is 12.2. The van der Waals surface area contributed by atoms with Crippen LogP contribution in [-0.4, -0.2) is 56.9 Å². The number of rotatable bonds is 4. The summed E-state index contributed by atoms with van der Waals surface area (Å²) in [6.45, 7) is 5.03. The van der Waals surface area contributed by atoms with Gasteiger partial charge in [0.1, 0.15) is 17.7 Å². The van der Waals surface area contributed by atoms with Crippen LogP contribution in [-0.2, 0) is 14.3 Å². The van der Waals surface area contributed by atoms with E-state index in [1.54, 1.807) is 20.8 Å². The molecule has 1 aliphatic heterocycles. The van der Waals surface area contributed by atoms with Crippen molar-refractivity contribution in [3.8, 4) is 0 Å². The van der Waals surface area contributed by atoms with Gasteiger partial charge in [0.05, 0.1) is 0 Å². The molecule has 21 heavy (non-hydrogen) atoms. The van der Waals surface area contributed by atoms with Gasteiger partial charge in [0.25, 0.3) is 0 Å². The monoisotopic (exact) mass is 302 g/mol. The maximum absolute atomic E-state index is 12.2. The highest BCUT2D eigenvalue weighted by Gasteiger charge is 2.43. The highest BCUT2D eigenvalue weighted by atomic mass is 16.6. The van der Waals surface area contributed by atoms with E-state index in [0.29, 0.717) is 6.42 Å². The Hall–Kier alpha value is -1.83. The molecule has 1 heterocycles. The number of amides is 1. The summed E-state index contributed by atoms with van der Waals surface area (Å²) in [4.78, 5) is 35.4. The molecule has 120 valence electrons. The summed E-state index contributed by atoms with van der Waals surface area (Å²) in [6, 6.07) is -2.70. The van der Waals surface area contributed by atoms with Crippen LogP contribution < -0.4 is 5.73 Å². The number of carbonyl (C=O) groups is 3. The minimum absolute atomic E-state index is 0.00163. The Balaban J connectivity index is 2.90. The number of hydrogen-bond donors (Lipinski definition) is 3. The normalized spacial score (nSPS) is 23.7. The van der Waals surface area contributed by atoms with Gasteiger partial charge < -0.3 is 20.7 Å². The highest BCUT2D eigenvalue weighted by molar-refractivity contribution is 5.81. The zero-order valence-corrected chi connectivity index (χ0v) is 12.4. The number of carbonyl (C=O) groups excluding carboxylic acids is 1. The van der Waals surface area contributed by atoms with Crippen molar-refractivity contribution in [1.82, 2.24) is 4.90 Å². The first-order valence-corrected chi connectivity index (χ1v) is 6.75. The maximum Gasteiger partial charge on any atom is 0.411 e. The molecule has 8 nitrogen and oxygen atoms in total. The molecular weight excluding hydrogens is 280 g/mol. The molecule has 0 aromatic heterocycles. The summed E-state index contributed by atoms with van der Waals surface area (Å²) in [6.07, 6.45) is -0.115. The third-order valence-corrected chi connectivity index (χ3v) is 3.24. The Labute approximate surface area is 122 Å². The topological polar surface area (TPSA) is 130 Å². The Kier molecular flexibility index (Phi) is 5.16. The summed E-state index contributed by atoms with van der Waals surface area (Å²) < 4.78 is 5.21. The van der Waals surface area contributed by atoms with Crippen LogP contribution in [0.2, 0.25) is 0 Å². The SMILES string of the molecule is CC(C)(C)OC(=O)N1[C@H](CC(N)C(=O)O)CC[C@H]1C(=O)O. The second-order valence-corrected chi connectivity index (χ2v) is 6.15. The number of ether oxygens (including phenoxy) is 1. The van der Waals surface area contributed by atoms with Crippen LogP contribution in [0, 0.1) is 0 Å². The van der Waals surface area contributed by atoms with Gasteiger partial charge >= 0.3 is 18.0 Å². The van der Waals surface area contributed by atoms with Crippen LogP contribution in [0.1, 0.15) is 40.0 Å². The second-order valence-electron chi connectivity index (χ2n) is 6.15. The molecule has 0 aliphatic carbocycles. The molecule has 0 radical (unpaired) electrons. The van der Waals surface area contributed by atoms with E-state index in [-0.39, 0.29) is 12.8 Å². The number of nitrogens with zero attached hydrogens (tertiary/aromatic N) is 1. The van der Waals surface area contributed by atoms with Crippen LogP contribution in [0.25, 0.3) is 0 Å². The number of carboxylic acid groups (broad SMARTS) is 2. The number of hydrogen-bond acceptors (Lipinski definition) is 5. The number of carboxylic acids is 2. The predicted octanol–water partition coefficient (Wildman–Crippen LogP) is 0.641. The van der Waals surface area contributed by atoms with Gasteiger partial charge in [-0.1, -0.05) is 0 Å². The van der Waals surface area contributed by atoms with Gasteiger partial charge in [0, 0.05) is 6.04 Å². The summed E-state index contributed by atoms with van der Waals surface area (Å²) in [7, 11) is 0. The van der Waals surface area contributed by atoms with Crippen molar-refractivity contribution in [2.75, 3.05) is 0 Å². The molecule has 1 rings (SSSR count). The molecule has 1 saturated heterocycles. The van der Waals surface area contributed by atoms with Gasteiger partial charge in [-0.25, -0.2) is 9.59 Å². The number of nitrogens with two attached hydrogens (primary N) is 1. The van der Waals surface area contributed by atoms with E-state index in [1.807, 2.05) is 0 Å². The standard InChI is InChI=1S/C13H22N2O6/c1-13(2,3)21-12(20)15-7(6-8(14)10(16)17)4-5-9(15)11(18)19/h7-9H,4-6,14H2,1-3H3,(H,16,17)(H,18,19)/t7-,8?,9-/m0/s1. The van der Waals surface area contributed by atoms with E-state index in [0.717, 1.165) is 4.90 Å². The van der Waals surface area contributed by atoms with E-state index in [1.165, 1.54) is 0 Å². The number of aliphatic carboxylic acids is 2. The Morgan fingerprint density at radius 1 is 1.29 bits per heavy atom. The molecule has 0 aromatic carbocycles. The van der Waals surface area contributed by atoms with Crippen molar-refractivity contribution in [2.24, 2.45) is 5.73 Å². The van der Waals surface area contributed by atoms with Crippen LogP contribution in [0.4, 0.5) is 4.79 Å². The zero-order chi connectivity index (χ0) is 16.4. The fourth-order valence-electron chi connectivity index (χ4n) is 2.34. The first kappa shape index (κ1) is 17.2. The van der Waals surface area contributed by atoms with Crippen LogP contribution in [0.3, 0.4) is 0 Å². The summed E-state index contributed by atoms with van der Waals surface area (Å²) in [5.74, 6) is -2.31. The van der Waals surface area contributed by atoms with Crippen molar-refractivity contribution in [1.29, 1.82) is 0 Å². The van der Waals surface area contributed by atoms with E-state index in [9.17, 15) is 19.5 Å². The molecule has 4 N–H and O–H groups in total. The van der Waals surface area contributed by atoms with Crippen molar-refractivity contribution in [3.63, 3.8) is 0 Å². The van der Waals surface area contributed by atoms with E-state index < -0.39 is 41.8 Å². The summed E-state index contributed by atoms with van der Waals surface area (Å²) >= 11 is 0. The fraction of sp³-hybridized carbons (Fsp3) is 0.769. The first-order valence-electron chi connectivity index (χ1n) is 6.75. The Bertz CT molecular complexity index is 431. The van der Waals surface area contributed by atoms with Crippen molar-refractivity contribution < 1.29 is 29.3 Å². The van der Waals surface area contributed by atoms with Crippen molar-refractivity contribution in [2.45, 2.75) is 63.8 Å². The highest BCUT2D eigenvalue weighted by Crippen LogP contribution is 2.29. The smallest absolute Gasteiger partial charge is 0.411 e. The fourth-order valence-corrected chi connectivity index (χ4v) is 2.34. The average molecular weight is 302 g/mol. The van der Waals surface area contributed by atoms with E-state index in [4.69, 9.17) is 15.6 Å². The first-order chi connectivity index (χ1) is 9.53. The largest absolute Gasteiger partial charge is 0.480 e. The van der Waals surface area contributed by atoms with Gasteiger partial charge in [-0.2, -0.15) is 0 Å². The van der Waals surface area contributed by atoms with Gasteiger partial charge in [0.15, 0.2) is 0 Å². The third kappa shape index (κ3) is 4.59. The quantitative estimate of drug-likeness (QED) is 0.694. The molecule has 1 unspecified atom stereocenters. The lowest BCUT2D eigenvalue weighted by molar-refractivity contribution is -0.142. The van der Waals surface area contributed by atoms with Gasteiger partial charge in [-0.3, -0.25) is 9.69 Å². The number of likely N-dealkylation sites (tertiary alicyclic amines) is 1. The summed E-state index contributed by atoms with van der Waals surface area (Å²) in [5.41, 5.74) is 4.72. The minimum Gasteiger partial charge on any atom is -0.480 e. The molecule has 0 saturated carbocycles. The molecule has 0 bridgehead atoms. The lowest BCUT2D eigenvalue weighted by atomic mass is 10.1. The lowest BCUT2D eigenvalue weighted by Crippen LogP contribution is -2.49. The van der Waals surface area contributed by atoms with Crippen LogP contribution in [0.5, 0.6) is 0 Å². The molecule has 3 atom stereocenters. The molecule has 0 aromatic rings. The summed E-state index contributed by atoms with van der Waals surface area (Å²) in [5, 5.41) is 18.0. The van der Waals surface area contributed by atoms with Gasteiger partial charge in [-0.05, 0) is 40.0 Å². The van der Waals surface area contributed by atoms with Crippen LogP contribution >= 0.6 is 0 Å². The van der Waals surface area contributed by atoms with Gasteiger partial charge in [-0.15, -0.1) is 0 Å². The minimum atomic E-state index is -1.18. The van der Waals surface area contributed by atoms with Crippen molar-refractivity contribution >= 4 is 18.0 Å². The molecule has 1 aliphatic rings. The van der Waals surface area contributed by atoms with Gasteiger partial charge in [0.2, 0.25) is 0 Å². The van der Waals surface area contributed by atoms with Crippen molar-refractivity contribution in [3.05, 3.63) is 0 Å². The van der Waals surface area contributed by atoms with E-state index >= 15 is 0 Å². The second kappa shape index (κ2) is 6.30. The molecule has 8 heteroatoms. The van der Waals surface area contributed by atoms with E-state index in [2.05, 4.69) is 0 Å². The lowest BCUT2D eigenvalue weighted by Gasteiger charge is -2.31. The average Bonchev–Trinajstić information content (AvgIpc) is 2.70. The predicted molar refractivity (Wildman–Crippen MR) is 72.7 cm³/mol. The Morgan fingerprint density at radius 2 is 1.86 bits per heavy atom. The molecule has 1 amide bonds. The molecule has 1 fully saturated rings. The molecular formula is C13H22N2O6. The third-order valence-electron chi connectivity index (χ3n) is 3.24. The Morgan fingerprint density at radius 3 is 2.29 bits per heavy atom.